The third-order valence-corrected chi connectivity index (χ3v) is 2.55. The second-order valence-corrected chi connectivity index (χ2v) is 4.70. The molecule has 0 aliphatic carbocycles. The fourth-order valence-corrected chi connectivity index (χ4v) is 1.52. The molecule has 1 aromatic rings. The zero-order chi connectivity index (χ0) is 12.8. The van der Waals surface area contributed by atoms with Gasteiger partial charge in [-0.15, -0.1) is 0 Å². The van der Waals surface area contributed by atoms with Gasteiger partial charge in [-0.25, -0.2) is 4.98 Å². The van der Waals surface area contributed by atoms with Gasteiger partial charge in [-0.05, 0) is 46.1 Å². The van der Waals surface area contributed by atoms with Gasteiger partial charge in [-0.1, -0.05) is 17.7 Å². The SMILES string of the molecule is CC(CCN(C)C)NC(=O)c1cccc(Cl)n1. The van der Waals surface area contributed by atoms with Crippen molar-refractivity contribution in [3.63, 3.8) is 0 Å². The van der Waals surface area contributed by atoms with Gasteiger partial charge in [0.1, 0.15) is 10.8 Å². The second-order valence-electron chi connectivity index (χ2n) is 4.31. The number of nitrogens with one attached hydrogen (secondary N) is 1. The molecule has 1 heterocycles. The monoisotopic (exact) mass is 255 g/mol. The minimum Gasteiger partial charge on any atom is -0.348 e. The lowest BCUT2D eigenvalue weighted by molar-refractivity contribution is 0.0931. The molecule has 4 nitrogen and oxygen atoms in total. The number of rotatable bonds is 5. The minimum atomic E-state index is -0.182. The fraction of sp³-hybridized carbons (Fsp3) is 0.500. The molecule has 1 unspecified atom stereocenters. The highest BCUT2D eigenvalue weighted by atomic mass is 35.5. The maximum absolute atomic E-state index is 11.8. The predicted octanol–water partition coefficient (Wildman–Crippen LogP) is 1.80. The molecule has 0 saturated heterocycles. The Morgan fingerprint density at radius 1 is 1.53 bits per heavy atom. The van der Waals surface area contributed by atoms with Gasteiger partial charge in [-0.2, -0.15) is 0 Å². The van der Waals surface area contributed by atoms with Crippen molar-refractivity contribution in [2.24, 2.45) is 0 Å². The van der Waals surface area contributed by atoms with Crippen molar-refractivity contribution in [2.75, 3.05) is 20.6 Å². The molecule has 1 amide bonds. The number of carbonyl (C=O) groups is 1. The number of pyridine rings is 1. The highest BCUT2D eigenvalue weighted by Crippen LogP contribution is 2.05. The Balaban J connectivity index is 2.49. The van der Waals surface area contributed by atoms with Crippen molar-refractivity contribution in [1.82, 2.24) is 15.2 Å². The Morgan fingerprint density at radius 2 is 2.24 bits per heavy atom. The molecule has 94 valence electrons. The molecule has 1 N–H and O–H groups in total. The quantitative estimate of drug-likeness (QED) is 0.817. The van der Waals surface area contributed by atoms with Crippen LogP contribution in [-0.2, 0) is 0 Å². The van der Waals surface area contributed by atoms with Gasteiger partial charge in [0.15, 0.2) is 0 Å². The van der Waals surface area contributed by atoms with Crippen LogP contribution in [0.5, 0.6) is 0 Å². The zero-order valence-corrected chi connectivity index (χ0v) is 11.2. The molecule has 1 rings (SSSR count). The third-order valence-electron chi connectivity index (χ3n) is 2.33. The van der Waals surface area contributed by atoms with Crippen LogP contribution in [0.15, 0.2) is 18.2 Å². The number of nitrogens with zero attached hydrogens (tertiary/aromatic N) is 2. The zero-order valence-electron chi connectivity index (χ0n) is 10.4. The summed E-state index contributed by atoms with van der Waals surface area (Å²) >= 11 is 5.73. The number of aromatic nitrogens is 1. The maximum atomic E-state index is 11.8. The number of carbonyl (C=O) groups excluding carboxylic acids is 1. The predicted molar refractivity (Wildman–Crippen MR) is 69.3 cm³/mol. The summed E-state index contributed by atoms with van der Waals surface area (Å²) in [5.74, 6) is -0.182. The van der Waals surface area contributed by atoms with E-state index in [2.05, 4.69) is 15.2 Å². The van der Waals surface area contributed by atoms with Crippen molar-refractivity contribution in [3.8, 4) is 0 Å². The van der Waals surface area contributed by atoms with Crippen LogP contribution in [0.1, 0.15) is 23.8 Å². The lowest BCUT2D eigenvalue weighted by atomic mass is 10.2. The Hall–Kier alpha value is -1.13. The van der Waals surface area contributed by atoms with E-state index in [1.165, 1.54) is 0 Å². The van der Waals surface area contributed by atoms with Gasteiger partial charge in [-0.3, -0.25) is 4.79 Å². The normalized spacial score (nSPS) is 12.5. The van der Waals surface area contributed by atoms with Crippen LogP contribution in [0.25, 0.3) is 0 Å². The summed E-state index contributed by atoms with van der Waals surface area (Å²) in [7, 11) is 4.01. The van der Waals surface area contributed by atoms with E-state index in [1.807, 2.05) is 21.0 Å². The molecule has 0 saturated carbocycles. The van der Waals surface area contributed by atoms with Crippen LogP contribution < -0.4 is 5.32 Å². The van der Waals surface area contributed by atoms with Crippen molar-refractivity contribution in [3.05, 3.63) is 29.0 Å². The molecule has 0 aromatic carbocycles. The molecule has 1 atom stereocenters. The van der Waals surface area contributed by atoms with Crippen LogP contribution in [-0.4, -0.2) is 42.5 Å². The van der Waals surface area contributed by atoms with Gasteiger partial charge in [0.05, 0.1) is 0 Å². The topological polar surface area (TPSA) is 45.2 Å². The highest BCUT2D eigenvalue weighted by molar-refractivity contribution is 6.29. The Kier molecular flexibility index (Phi) is 5.38. The average Bonchev–Trinajstić information content (AvgIpc) is 2.26. The lowest BCUT2D eigenvalue weighted by Gasteiger charge is -2.16. The second kappa shape index (κ2) is 6.57. The summed E-state index contributed by atoms with van der Waals surface area (Å²) in [4.78, 5) is 17.9. The lowest BCUT2D eigenvalue weighted by Crippen LogP contribution is -2.35. The first-order valence-corrected chi connectivity index (χ1v) is 5.95. The van der Waals surface area contributed by atoms with E-state index in [4.69, 9.17) is 11.6 Å². The first-order valence-electron chi connectivity index (χ1n) is 5.57. The van der Waals surface area contributed by atoms with Crippen LogP contribution in [0, 0.1) is 0 Å². The highest BCUT2D eigenvalue weighted by Gasteiger charge is 2.11. The molecule has 0 spiro atoms. The molecule has 5 heteroatoms. The number of hydrogen-bond donors (Lipinski definition) is 1. The molecular weight excluding hydrogens is 238 g/mol. The number of hydrogen-bond acceptors (Lipinski definition) is 3. The van der Waals surface area contributed by atoms with E-state index < -0.39 is 0 Å². The summed E-state index contributed by atoms with van der Waals surface area (Å²) in [5, 5.41) is 3.22. The standard InChI is InChI=1S/C12H18ClN3O/c1-9(7-8-16(2)3)14-12(17)10-5-4-6-11(13)15-10/h4-6,9H,7-8H2,1-3H3,(H,14,17). The summed E-state index contributed by atoms with van der Waals surface area (Å²) in [6.45, 7) is 2.91. The first kappa shape index (κ1) is 13.9. The Bertz CT molecular complexity index is 382. The van der Waals surface area contributed by atoms with Gasteiger partial charge in [0, 0.05) is 6.04 Å². The molecule has 0 fully saturated rings. The minimum absolute atomic E-state index is 0.116. The van der Waals surface area contributed by atoms with Gasteiger partial charge >= 0.3 is 0 Å². The van der Waals surface area contributed by atoms with Crippen LogP contribution in [0.4, 0.5) is 0 Å². The molecule has 1 aromatic heterocycles. The van der Waals surface area contributed by atoms with Crippen molar-refractivity contribution in [1.29, 1.82) is 0 Å². The van der Waals surface area contributed by atoms with Crippen LogP contribution in [0.2, 0.25) is 5.15 Å². The fourth-order valence-electron chi connectivity index (χ4n) is 1.36. The number of halogens is 1. The Morgan fingerprint density at radius 3 is 2.82 bits per heavy atom. The number of amides is 1. The molecule has 0 aliphatic rings. The van der Waals surface area contributed by atoms with Gasteiger partial charge in [0.25, 0.3) is 5.91 Å². The largest absolute Gasteiger partial charge is 0.348 e. The van der Waals surface area contributed by atoms with Gasteiger partial charge < -0.3 is 10.2 Å². The molecular formula is C12H18ClN3O. The van der Waals surface area contributed by atoms with Crippen molar-refractivity contribution >= 4 is 17.5 Å². The van der Waals surface area contributed by atoms with Crippen LogP contribution in [0.3, 0.4) is 0 Å². The molecule has 0 radical (unpaired) electrons. The summed E-state index contributed by atoms with van der Waals surface area (Å²) in [5.41, 5.74) is 0.356. The van der Waals surface area contributed by atoms with E-state index in [0.717, 1.165) is 13.0 Å². The van der Waals surface area contributed by atoms with Crippen molar-refractivity contribution in [2.45, 2.75) is 19.4 Å². The third kappa shape index (κ3) is 5.15. The van der Waals surface area contributed by atoms with E-state index in [0.29, 0.717) is 10.8 Å². The van der Waals surface area contributed by atoms with E-state index in [-0.39, 0.29) is 11.9 Å². The molecule has 17 heavy (non-hydrogen) atoms. The van der Waals surface area contributed by atoms with Crippen molar-refractivity contribution < 1.29 is 4.79 Å². The molecule has 0 aliphatic heterocycles. The summed E-state index contributed by atoms with van der Waals surface area (Å²) in [6, 6.07) is 5.13. The van der Waals surface area contributed by atoms with E-state index in [1.54, 1.807) is 18.2 Å². The maximum Gasteiger partial charge on any atom is 0.270 e. The Labute approximate surface area is 107 Å². The molecule has 0 bridgehead atoms. The van der Waals surface area contributed by atoms with E-state index in [9.17, 15) is 4.79 Å². The summed E-state index contributed by atoms with van der Waals surface area (Å²) in [6.07, 6.45) is 0.902. The van der Waals surface area contributed by atoms with E-state index >= 15 is 0 Å². The average molecular weight is 256 g/mol. The van der Waals surface area contributed by atoms with Gasteiger partial charge in [0.2, 0.25) is 0 Å². The first-order chi connectivity index (χ1) is 7.99. The smallest absolute Gasteiger partial charge is 0.270 e. The summed E-state index contributed by atoms with van der Waals surface area (Å²) < 4.78 is 0. The van der Waals surface area contributed by atoms with Crippen LogP contribution >= 0.6 is 11.6 Å².